The Hall–Kier alpha value is -1.59. The van der Waals surface area contributed by atoms with Crippen LogP contribution in [0.15, 0.2) is 24.3 Å². The number of likely N-dealkylation sites (N-methyl/N-ethyl adjacent to an activating group) is 1. The van der Waals surface area contributed by atoms with E-state index in [0.29, 0.717) is 6.61 Å². The fourth-order valence-electron chi connectivity index (χ4n) is 3.26. The van der Waals surface area contributed by atoms with E-state index < -0.39 is 5.54 Å². The van der Waals surface area contributed by atoms with E-state index in [-0.39, 0.29) is 18.4 Å². The predicted molar refractivity (Wildman–Crippen MR) is 80.8 cm³/mol. The van der Waals surface area contributed by atoms with Crippen molar-refractivity contribution in [1.29, 1.82) is 0 Å². The Labute approximate surface area is 125 Å². The molecule has 1 amide bonds. The average Bonchev–Trinajstić information content (AvgIpc) is 2.92. The number of nitrogens with one attached hydrogen (secondary N) is 1. The van der Waals surface area contributed by atoms with E-state index >= 15 is 0 Å². The van der Waals surface area contributed by atoms with Crippen molar-refractivity contribution in [1.82, 2.24) is 5.32 Å². The molecule has 0 aliphatic heterocycles. The predicted octanol–water partition coefficient (Wildman–Crippen LogP) is 1.19. The molecule has 0 spiro atoms. The van der Waals surface area contributed by atoms with Crippen LogP contribution >= 0.6 is 0 Å². The van der Waals surface area contributed by atoms with Crippen LogP contribution in [0.3, 0.4) is 0 Å². The number of benzene rings is 1. The van der Waals surface area contributed by atoms with Crippen LogP contribution in [0.25, 0.3) is 0 Å². The Morgan fingerprint density at radius 2 is 2.19 bits per heavy atom. The summed E-state index contributed by atoms with van der Waals surface area (Å²) in [6.45, 7) is 0.589. The number of ether oxygens (including phenoxy) is 1. The monoisotopic (exact) mass is 292 g/mol. The highest BCUT2D eigenvalue weighted by Gasteiger charge is 2.46. The summed E-state index contributed by atoms with van der Waals surface area (Å²) in [5.74, 6) is 0.732. The van der Waals surface area contributed by atoms with Crippen molar-refractivity contribution in [3.63, 3.8) is 0 Å². The van der Waals surface area contributed by atoms with Gasteiger partial charge in [0.15, 0.2) is 0 Å². The van der Waals surface area contributed by atoms with Crippen LogP contribution < -0.4 is 15.8 Å². The minimum absolute atomic E-state index is 0.0334. The normalized spacial score (nSPS) is 25.0. The summed E-state index contributed by atoms with van der Waals surface area (Å²) < 4.78 is 5.72. The fourth-order valence-corrected chi connectivity index (χ4v) is 3.26. The lowest BCUT2D eigenvalue weighted by atomic mass is 9.84. The fraction of sp³-hybridized carbons (Fsp3) is 0.562. The van der Waals surface area contributed by atoms with E-state index in [1.165, 1.54) is 0 Å². The van der Waals surface area contributed by atoms with Gasteiger partial charge in [0.2, 0.25) is 5.91 Å². The molecule has 5 heteroatoms. The van der Waals surface area contributed by atoms with Crippen molar-refractivity contribution in [2.45, 2.75) is 37.8 Å². The topological polar surface area (TPSA) is 84.6 Å². The molecule has 0 bridgehead atoms. The number of amides is 1. The molecule has 2 unspecified atom stereocenters. The van der Waals surface area contributed by atoms with E-state index in [1.807, 2.05) is 24.3 Å². The molecule has 1 saturated carbocycles. The molecule has 0 heterocycles. The molecule has 0 saturated heterocycles. The molecule has 1 aliphatic rings. The molecule has 1 fully saturated rings. The zero-order chi connectivity index (χ0) is 15.3. The Morgan fingerprint density at radius 3 is 2.76 bits per heavy atom. The maximum Gasteiger partial charge on any atom is 0.238 e. The molecular weight excluding hydrogens is 268 g/mol. The largest absolute Gasteiger partial charge is 0.494 e. The highest BCUT2D eigenvalue weighted by Crippen LogP contribution is 2.37. The first-order valence-electron chi connectivity index (χ1n) is 7.44. The van der Waals surface area contributed by atoms with Crippen LogP contribution in [-0.4, -0.2) is 30.2 Å². The van der Waals surface area contributed by atoms with Crippen molar-refractivity contribution >= 4 is 5.91 Å². The van der Waals surface area contributed by atoms with Gasteiger partial charge in [-0.3, -0.25) is 4.79 Å². The lowest BCUT2D eigenvalue weighted by Crippen LogP contribution is -2.56. The number of primary amides is 1. The number of carbonyl (C=O) groups is 1. The molecule has 1 aromatic carbocycles. The molecule has 1 aromatic rings. The lowest BCUT2D eigenvalue weighted by Gasteiger charge is -2.32. The molecule has 116 valence electrons. The number of hydrogen-bond acceptors (Lipinski definition) is 4. The van der Waals surface area contributed by atoms with Gasteiger partial charge in [0.25, 0.3) is 0 Å². The third-order valence-electron chi connectivity index (χ3n) is 4.55. The zero-order valence-corrected chi connectivity index (χ0v) is 12.5. The summed E-state index contributed by atoms with van der Waals surface area (Å²) in [6, 6.07) is 7.37. The van der Waals surface area contributed by atoms with Crippen molar-refractivity contribution in [3.05, 3.63) is 29.8 Å². The number of hydrogen-bond donors (Lipinski definition) is 3. The van der Waals surface area contributed by atoms with E-state index in [1.54, 1.807) is 7.05 Å². The van der Waals surface area contributed by atoms with Gasteiger partial charge in [-0.05, 0) is 49.9 Å². The minimum atomic E-state index is -0.579. The summed E-state index contributed by atoms with van der Waals surface area (Å²) in [4.78, 5) is 11.8. The molecule has 0 radical (unpaired) electrons. The summed E-state index contributed by atoms with van der Waals surface area (Å²) in [5.41, 5.74) is 5.87. The number of carbonyl (C=O) groups excluding carboxylic acids is 1. The van der Waals surface area contributed by atoms with Gasteiger partial charge in [0, 0.05) is 0 Å². The Bertz CT molecular complexity index is 475. The molecule has 2 atom stereocenters. The number of nitrogens with two attached hydrogens (primary N) is 1. The summed E-state index contributed by atoms with van der Waals surface area (Å²) in [5, 5.41) is 12.1. The smallest absolute Gasteiger partial charge is 0.238 e. The van der Waals surface area contributed by atoms with Gasteiger partial charge in [-0.1, -0.05) is 18.6 Å². The van der Waals surface area contributed by atoms with Crippen LogP contribution in [-0.2, 0) is 11.4 Å². The third-order valence-corrected chi connectivity index (χ3v) is 4.55. The van der Waals surface area contributed by atoms with Gasteiger partial charge in [0.05, 0.1) is 13.2 Å². The van der Waals surface area contributed by atoms with Crippen molar-refractivity contribution in [2.75, 3.05) is 13.7 Å². The van der Waals surface area contributed by atoms with Crippen molar-refractivity contribution in [2.24, 2.45) is 11.7 Å². The zero-order valence-electron chi connectivity index (χ0n) is 12.5. The first-order valence-corrected chi connectivity index (χ1v) is 7.44. The van der Waals surface area contributed by atoms with Crippen LogP contribution in [0.2, 0.25) is 0 Å². The lowest BCUT2D eigenvalue weighted by molar-refractivity contribution is -0.125. The molecule has 2 rings (SSSR count). The molecule has 5 nitrogen and oxygen atoms in total. The van der Waals surface area contributed by atoms with E-state index in [4.69, 9.17) is 15.6 Å². The minimum Gasteiger partial charge on any atom is -0.494 e. The van der Waals surface area contributed by atoms with Gasteiger partial charge in [-0.25, -0.2) is 0 Å². The SMILES string of the molecule is CNC1(C(N)=O)CCCC1CCOc1ccc(CO)cc1. The second-order valence-corrected chi connectivity index (χ2v) is 5.61. The number of rotatable bonds is 7. The Kier molecular flexibility index (Phi) is 5.20. The second-order valence-electron chi connectivity index (χ2n) is 5.61. The third kappa shape index (κ3) is 3.36. The molecule has 21 heavy (non-hydrogen) atoms. The van der Waals surface area contributed by atoms with Crippen LogP contribution in [0.4, 0.5) is 0 Å². The standard InChI is InChI=1S/C16H24N2O3/c1-18-16(15(17)20)9-2-3-13(16)8-10-21-14-6-4-12(11-19)5-7-14/h4-7,13,18-19H,2-3,8-11H2,1H3,(H2,17,20). The highest BCUT2D eigenvalue weighted by atomic mass is 16.5. The average molecular weight is 292 g/mol. The maximum absolute atomic E-state index is 11.8. The van der Waals surface area contributed by atoms with Gasteiger partial charge >= 0.3 is 0 Å². The molecule has 0 aromatic heterocycles. The van der Waals surface area contributed by atoms with Crippen molar-refractivity contribution < 1.29 is 14.6 Å². The Morgan fingerprint density at radius 1 is 1.48 bits per heavy atom. The van der Waals surface area contributed by atoms with Gasteiger partial charge in [0.1, 0.15) is 11.3 Å². The number of aliphatic hydroxyl groups is 1. The summed E-state index contributed by atoms with van der Waals surface area (Å²) >= 11 is 0. The summed E-state index contributed by atoms with van der Waals surface area (Å²) in [6.07, 6.45) is 3.61. The number of aliphatic hydroxyl groups excluding tert-OH is 1. The van der Waals surface area contributed by atoms with Gasteiger partial charge in [-0.15, -0.1) is 0 Å². The molecule has 4 N–H and O–H groups in total. The van der Waals surface area contributed by atoms with E-state index in [0.717, 1.165) is 37.0 Å². The first kappa shape index (κ1) is 15.8. The molecule has 1 aliphatic carbocycles. The Balaban J connectivity index is 1.88. The van der Waals surface area contributed by atoms with Gasteiger partial charge < -0.3 is 20.9 Å². The maximum atomic E-state index is 11.8. The summed E-state index contributed by atoms with van der Waals surface area (Å²) in [7, 11) is 1.80. The second kappa shape index (κ2) is 6.91. The van der Waals surface area contributed by atoms with Crippen LogP contribution in [0, 0.1) is 5.92 Å². The van der Waals surface area contributed by atoms with E-state index in [9.17, 15) is 4.79 Å². The first-order chi connectivity index (χ1) is 10.1. The van der Waals surface area contributed by atoms with Gasteiger partial charge in [-0.2, -0.15) is 0 Å². The van der Waals surface area contributed by atoms with Crippen molar-refractivity contribution in [3.8, 4) is 5.75 Å². The van der Waals surface area contributed by atoms with Crippen LogP contribution in [0.1, 0.15) is 31.2 Å². The molecular formula is C16H24N2O3. The quantitative estimate of drug-likeness (QED) is 0.705. The highest BCUT2D eigenvalue weighted by molar-refractivity contribution is 5.85. The van der Waals surface area contributed by atoms with Crippen LogP contribution in [0.5, 0.6) is 5.75 Å². The van der Waals surface area contributed by atoms with E-state index in [2.05, 4.69) is 5.32 Å².